The smallest absolute Gasteiger partial charge is 0.306 e. The average Bonchev–Trinajstić information content (AvgIpc) is 3.36. The highest BCUT2D eigenvalue weighted by molar-refractivity contribution is 5.93. The molecule has 3 aromatic heterocycles. The number of aliphatic carboxylic acids is 1. The maximum absolute atomic E-state index is 14.1. The van der Waals surface area contributed by atoms with Crippen LogP contribution in [-0.4, -0.2) is 30.8 Å². The maximum Gasteiger partial charge on any atom is 0.306 e. The number of rotatable bonds is 4. The summed E-state index contributed by atoms with van der Waals surface area (Å²) < 4.78 is 16.3. The average molecular weight is 435 g/mol. The van der Waals surface area contributed by atoms with E-state index in [0.717, 1.165) is 46.3 Å². The highest BCUT2D eigenvalue weighted by Gasteiger charge is 2.33. The molecule has 0 saturated heterocycles. The number of hydrogen-bond acceptors (Lipinski definition) is 3. The second-order valence-electron chi connectivity index (χ2n) is 9.27. The Bertz CT molecular complexity index is 1330. The Labute approximate surface area is 185 Å². The van der Waals surface area contributed by atoms with Crippen LogP contribution in [0.3, 0.4) is 0 Å². The molecule has 0 amide bonds. The SMILES string of the molecule is Cc1cc(-n2c(C(C)C)c([C@H]3CC[C@H](C(=O)O)CC3)c3nc4[nH]ncc4cc32)ccc1F. The van der Waals surface area contributed by atoms with Crippen molar-refractivity contribution in [3.8, 4) is 5.69 Å². The van der Waals surface area contributed by atoms with Gasteiger partial charge in [-0.05, 0) is 74.3 Å². The molecule has 0 spiro atoms. The molecule has 1 saturated carbocycles. The van der Waals surface area contributed by atoms with Gasteiger partial charge in [-0.3, -0.25) is 9.89 Å². The Morgan fingerprint density at radius 2 is 1.97 bits per heavy atom. The number of H-pyrrole nitrogens is 1. The third-order valence-corrected chi connectivity index (χ3v) is 6.85. The molecule has 0 aliphatic heterocycles. The Hall–Kier alpha value is -3.22. The third-order valence-electron chi connectivity index (χ3n) is 6.85. The molecule has 1 fully saturated rings. The Morgan fingerprint density at radius 3 is 2.62 bits per heavy atom. The van der Waals surface area contributed by atoms with Crippen molar-refractivity contribution < 1.29 is 14.3 Å². The third kappa shape index (κ3) is 3.27. The summed E-state index contributed by atoms with van der Waals surface area (Å²) >= 11 is 0. The maximum atomic E-state index is 14.1. The number of carboxylic acid groups (broad SMARTS) is 1. The van der Waals surface area contributed by atoms with Crippen molar-refractivity contribution in [2.75, 3.05) is 0 Å². The quantitative estimate of drug-likeness (QED) is 0.423. The number of hydrogen-bond donors (Lipinski definition) is 2. The number of nitrogens with zero attached hydrogens (tertiary/aromatic N) is 3. The van der Waals surface area contributed by atoms with Gasteiger partial charge in [0, 0.05) is 22.3 Å². The topological polar surface area (TPSA) is 83.8 Å². The van der Waals surface area contributed by atoms with Gasteiger partial charge in [0.25, 0.3) is 0 Å². The van der Waals surface area contributed by atoms with Gasteiger partial charge in [0.05, 0.1) is 23.1 Å². The zero-order valence-electron chi connectivity index (χ0n) is 18.5. The Kier molecular flexibility index (Phi) is 4.99. The number of aromatic nitrogens is 4. The largest absolute Gasteiger partial charge is 0.481 e. The molecule has 7 heteroatoms. The van der Waals surface area contributed by atoms with E-state index in [-0.39, 0.29) is 23.6 Å². The Balaban J connectivity index is 1.78. The van der Waals surface area contributed by atoms with Crippen LogP contribution in [0.2, 0.25) is 0 Å². The lowest BCUT2D eigenvalue weighted by molar-refractivity contribution is -0.142. The number of pyridine rings is 1. The van der Waals surface area contributed by atoms with E-state index in [9.17, 15) is 14.3 Å². The molecule has 3 heterocycles. The molecule has 0 unspecified atom stereocenters. The van der Waals surface area contributed by atoms with Gasteiger partial charge in [0.2, 0.25) is 0 Å². The highest BCUT2D eigenvalue weighted by atomic mass is 19.1. The number of fused-ring (bicyclic) bond motifs is 2. The van der Waals surface area contributed by atoms with Crippen LogP contribution in [0.4, 0.5) is 4.39 Å². The fourth-order valence-corrected chi connectivity index (χ4v) is 5.26. The van der Waals surface area contributed by atoms with Crippen molar-refractivity contribution in [1.29, 1.82) is 0 Å². The lowest BCUT2D eigenvalue weighted by atomic mass is 9.77. The van der Waals surface area contributed by atoms with E-state index in [1.54, 1.807) is 13.1 Å². The molecule has 1 aliphatic carbocycles. The minimum absolute atomic E-state index is 0.207. The zero-order valence-corrected chi connectivity index (χ0v) is 18.5. The molecule has 6 nitrogen and oxygen atoms in total. The van der Waals surface area contributed by atoms with Gasteiger partial charge >= 0.3 is 5.97 Å². The van der Waals surface area contributed by atoms with Gasteiger partial charge in [0.1, 0.15) is 5.82 Å². The number of nitrogens with one attached hydrogen (secondary N) is 1. The summed E-state index contributed by atoms with van der Waals surface area (Å²) in [6, 6.07) is 7.31. The van der Waals surface area contributed by atoms with Crippen molar-refractivity contribution in [3.05, 3.63) is 53.1 Å². The van der Waals surface area contributed by atoms with Crippen LogP contribution >= 0.6 is 0 Å². The van der Waals surface area contributed by atoms with Gasteiger partial charge in [-0.2, -0.15) is 5.10 Å². The molecule has 5 rings (SSSR count). The van der Waals surface area contributed by atoms with Gasteiger partial charge in [-0.15, -0.1) is 0 Å². The molecule has 32 heavy (non-hydrogen) atoms. The second kappa shape index (κ2) is 7.73. The monoisotopic (exact) mass is 434 g/mol. The minimum Gasteiger partial charge on any atom is -0.481 e. The van der Waals surface area contributed by atoms with Crippen molar-refractivity contribution in [2.45, 2.75) is 58.3 Å². The summed E-state index contributed by atoms with van der Waals surface area (Å²) in [5, 5.41) is 17.5. The first-order chi connectivity index (χ1) is 15.3. The van der Waals surface area contributed by atoms with Gasteiger partial charge < -0.3 is 9.67 Å². The summed E-state index contributed by atoms with van der Waals surface area (Å²) in [6.07, 6.45) is 4.75. The van der Waals surface area contributed by atoms with Crippen LogP contribution in [0.15, 0.2) is 30.5 Å². The summed E-state index contributed by atoms with van der Waals surface area (Å²) in [5.74, 6) is -0.749. The number of benzene rings is 1. The molecule has 1 aromatic carbocycles. The molecular weight excluding hydrogens is 407 g/mol. The number of aryl methyl sites for hydroxylation is 1. The van der Waals surface area contributed by atoms with E-state index in [4.69, 9.17) is 4.98 Å². The molecule has 0 radical (unpaired) electrons. The van der Waals surface area contributed by atoms with Crippen LogP contribution in [0.5, 0.6) is 0 Å². The zero-order chi connectivity index (χ0) is 22.6. The number of aromatic amines is 1. The van der Waals surface area contributed by atoms with E-state index >= 15 is 0 Å². The molecule has 0 bridgehead atoms. The van der Waals surface area contributed by atoms with Gasteiger partial charge in [-0.1, -0.05) is 13.8 Å². The number of carboxylic acids is 1. The Morgan fingerprint density at radius 1 is 1.22 bits per heavy atom. The second-order valence-corrected chi connectivity index (χ2v) is 9.27. The predicted octanol–water partition coefficient (Wildman–Crippen LogP) is 5.83. The van der Waals surface area contributed by atoms with E-state index in [1.807, 2.05) is 12.1 Å². The molecule has 4 aromatic rings. The first kappa shape index (κ1) is 20.7. The van der Waals surface area contributed by atoms with Gasteiger partial charge in [0.15, 0.2) is 5.65 Å². The first-order valence-corrected chi connectivity index (χ1v) is 11.2. The van der Waals surface area contributed by atoms with Crippen LogP contribution in [-0.2, 0) is 4.79 Å². The normalized spacial score (nSPS) is 19.3. The van der Waals surface area contributed by atoms with Crippen LogP contribution < -0.4 is 0 Å². The highest BCUT2D eigenvalue weighted by Crippen LogP contribution is 2.44. The van der Waals surface area contributed by atoms with Crippen LogP contribution in [0.1, 0.15) is 68.2 Å². The fraction of sp³-hybridized carbons (Fsp3) is 0.400. The molecular formula is C25H27FN4O2. The van der Waals surface area contributed by atoms with Crippen molar-refractivity contribution in [1.82, 2.24) is 19.7 Å². The van der Waals surface area contributed by atoms with E-state index < -0.39 is 5.97 Å². The predicted molar refractivity (Wildman–Crippen MR) is 122 cm³/mol. The van der Waals surface area contributed by atoms with Crippen molar-refractivity contribution in [2.24, 2.45) is 5.92 Å². The van der Waals surface area contributed by atoms with Crippen LogP contribution in [0.25, 0.3) is 27.8 Å². The summed E-state index contributed by atoms with van der Waals surface area (Å²) in [7, 11) is 0. The number of halogens is 1. The van der Waals surface area contributed by atoms with E-state index in [0.29, 0.717) is 18.4 Å². The van der Waals surface area contributed by atoms with E-state index in [2.05, 4.69) is 34.7 Å². The van der Waals surface area contributed by atoms with Crippen LogP contribution in [0, 0.1) is 18.7 Å². The molecule has 166 valence electrons. The van der Waals surface area contributed by atoms with E-state index in [1.165, 1.54) is 11.6 Å². The lowest BCUT2D eigenvalue weighted by Crippen LogP contribution is -2.21. The lowest BCUT2D eigenvalue weighted by Gasteiger charge is -2.28. The summed E-state index contributed by atoms with van der Waals surface area (Å²) in [6.45, 7) is 6.11. The molecule has 2 N–H and O–H groups in total. The minimum atomic E-state index is -0.700. The van der Waals surface area contributed by atoms with Crippen molar-refractivity contribution >= 4 is 28.0 Å². The standard InChI is InChI=1S/C25H27FN4O2/c1-13(2)23-21(15-4-6-16(7-5-15)25(31)32)22-20(11-17-12-27-29-24(17)28-22)30(23)18-8-9-19(26)14(3)10-18/h8-13,15-16H,4-7H2,1-3H3,(H,31,32)(H,27,28,29)/t15-,16-. The first-order valence-electron chi connectivity index (χ1n) is 11.2. The van der Waals surface area contributed by atoms with Crippen molar-refractivity contribution in [3.63, 3.8) is 0 Å². The fourth-order valence-electron chi connectivity index (χ4n) is 5.26. The molecule has 1 aliphatic rings. The van der Waals surface area contributed by atoms with Gasteiger partial charge in [-0.25, -0.2) is 9.37 Å². The molecule has 0 atom stereocenters. The number of carbonyl (C=O) groups is 1. The summed E-state index contributed by atoms with van der Waals surface area (Å²) in [5.41, 5.74) is 6.50. The summed E-state index contributed by atoms with van der Waals surface area (Å²) in [4.78, 5) is 16.5.